The van der Waals surface area contributed by atoms with Crippen molar-refractivity contribution in [3.8, 4) is 5.75 Å². The van der Waals surface area contributed by atoms with Crippen LogP contribution in [0.2, 0.25) is 0 Å². The second kappa shape index (κ2) is 7.37. The van der Waals surface area contributed by atoms with Crippen molar-refractivity contribution in [1.82, 2.24) is 4.72 Å². The minimum atomic E-state index is -3.81. The smallest absolute Gasteiger partial charge is 0.374 e. The number of sulfonamides is 1. The van der Waals surface area contributed by atoms with Gasteiger partial charge < -0.3 is 18.3 Å². The molecule has 1 saturated carbocycles. The average Bonchev–Trinajstić information content (AvgIpc) is 3.33. The Morgan fingerprint density at radius 2 is 1.97 bits per heavy atom. The molecule has 152 valence electrons. The number of rotatable bonds is 7. The lowest BCUT2D eigenvalue weighted by Crippen LogP contribution is -2.25. The van der Waals surface area contributed by atoms with E-state index in [1.165, 1.54) is 25.3 Å². The molecule has 0 saturated heterocycles. The van der Waals surface area contributed by atoms with Crippen molar-refractivity contribution in [2.75, 3.05) is 7.11 Å². The van der Waals surface area contributed by atoms with Crippen LogP contribution in [0.5, 0.6) is 5.75 Å². The van der Waals surface area contributed by atoms with E-state index in [0.717, 1.165) is 12.8 Å². The van der Waals surface area contributed by atoms with Crippen LogP contribution in [0, 0.1) is 0 Å². The van der Waals surface area contributed by atoms with Gasteiger partial charge in [-0.1, -0.05) is 0 Å². The van der Waals surface area contributed by atoms with Gasteiger partial charge in [0.2, 0.25) is 10.9 Å². The zero-order valence-electron chi connectivity index (χ0n) is 15.3. The van der Waals surface area contributed by atoms with Gasteiger partial charge in [-0.25, -0.2) is 22.7 Å². The first-order valence-electron chi connectivity index (χ1n) is 8.76. The standard InChI is InChI=1S/C19H17NO8S/c1-25-13-4-5-14-11(8-17(21)27-16(14)9-13)10-26-19(22)15-6-7-18(28-15)29(23,24)20-12-2-3-12/h4-9,12,20H,2-3,10H2,1H3. The third-order valence-corrected chi connectivity index (χ3v) is 5.74. The first kappa shape index (κ1) is 19.2. The molecular formula is C19H17NO8S. The van der Waals surface area contributed by atoms with Crippen molar-refractivity contribution >= 4 is 27.0 Å². The average molecular weight is 419 g/mol. The van der Waals surface area contributed by atoms with E-state index in [0.29, 0.717) is 22.3 Å². The van der Waals surface area contributed by atoms with E-state index in [-0.39, 0.29) is 23.5 Å². The predicted molar refractivity (Wildman–Crippen MR) is 100 cm³/mol. The second-order valence-corrected chi connectivity index (χ2v) is 8.19. The molecule has 0 unspecified atom stereocenters. The van der Waals surface area contributed by atoms with E-state index in [4.69, 9.17) is 18.3 Å². The van der Waals surface area contributed by atoms with Crippen LogP contribution in [0.15, 0.2) is 55.1 Å². The highest BCUT2D eigenvalue weighted by Crippen LogP contribution is 2.25. The molecule has 0 aliphatic heterocycles. The number of hydrogen-bond donors (Lipinski definition) is 1. The van der Waals surface area contributed by atoms with E-state index in [2.05, 4.69) is 4.72 Å². The van der Waals surface area contributed by atoms with Gasteiger partial charge in [-0.2, -0.15) is 0 Å². The molecule has 9 nitrogen and oxygen atoms in total. The Morgan fingerprint density at radius 3 is 2.69 bits per heavy atom. The molecule has 0 radical (unpaired) electrons. The molecule has 1 N–H and O–H groups in total. The molecule has 1 aromatic carbocycles. The Balaban J connectivity index is 1.51. The SMILES string of the molecule is COc1ccc2c(COC(=O)c3ccc(S(=O)(=O)NC4CC4)o3)cc(=O)oc2c1. The summed E-state index contributed by atoms with van der Waals surface area (Å²) in [6.45, 7) is -0.226. The molecule has 4 rings (SSSR count). The number of methoxy groups -OCH3 is 1. The molecule has 1 fully saturated rings. The number of benzene rings is 1. The quantitative estimate of drug-likeness (QED) is 0.456. The maximum atomic E-state index is 12.3. The van der Waals surface area contributed by atoms with Crippen LogP contribution in [0.1, 0.15) is 29.0 Å². The fraction of sp³-hybridized carbons (Fsp3) is 0.263. The molecule has 3 aromatic rings. The van der Waals surface area contributed by atoms with Crippen molar-refractivity contribution in [2.24, 2.45) is 0 Å². The molecule has 0 atom stereocenters. The summed E-state index contributed by atoms with van der Waals surface area (Å²) in [5.74, 6) is -0.596. The third kappa shape index (κ3) is 4.17. The van der Waals surface area contributed by atoms with Gasteiger partial charge in [0.15, 0.2) is 0 Å². The molecule has 1 aliphatic rings. The fourth-order valence-corrected chi connectivity index (χ4v) is 3.96. The highest BCUT2D eigenvalue weighted by molar-refractivity contribution is 7.89. The van der Waals surface area contributed by atoms with Crippen LogP contribution in [-0.4, -0.2) is 27.5 Å². The molecule has 0 amide bonds. The van der Waals surface area contributed by atoms with E-state index in [1.807, 2.05) is 0 Å². The fourth-order valence-electron chi connectivity index (χ4n) is 2.72. The molecule has 29 heavy (non-hydrogen) atoms. The minimum absolute atomic E-state index is 0.0859. The zero-order chi connectivity index (χ0) is 20.6. The van der Waals surface area contributed by atoms with Gasteiger partial charge in [0.1, 0.15) is 17.9 Å². The summed E-state index contributed by atoms with van der Waals surface area (Å²) >= 11 is 0. The minimum Gasteiger partial charge on any atom is -0.497 e. The van der Waals surface area contributed by atoms with E-state index < -0.39 is 21.6 Å². The summed E-state index contributed by atoms with van der Waals surface area (Å²) in [4.78, 5) is 24.0. The monoisotopic (exact) mass is 419 g/mol. The lowest BCUT2D eigenvalue weighted by atomic mass is 10.1. The normalized spacial score (nSPS) is 14.1. The summed E-state index contributed by atoms with van der Waals surface area (Å²) in [5, 5.41) is 0.226. The van der Waals surface area contributed by atoms with Crippen molar-refractivity contribution in [1.29, 1.82) is 0 Å². The number of carbonyl (C=O) groups excluding carboxylic acids is 1. The van der Waals surface area contributed by atoms with Crippen LogP contribution >= 0.6 is 0 Å². The summed E-state index contributed by atoms with van der Waals surface area (Å²) in [6, 6.07) is 8.48. The van der Waals surface area contributed by atoms with Crippen LogP contribution in [-0.2, 0) is 21.4 Å². The lowest BCUT2D eigenvalue weighted by Gasteiger charge is -2.07. The topological polar surface area (TPSA) is 125 Å². The van der Waals surface area contributed by atoms with Crippen molar-refractivity contribution < 1.29 is 31.5 Å². The largest absolute Gasteiger partial charge is 0.497 e. The lowest BCUT2D eigenvalue weighted by molar-refractivity contribution is 0.0431. The van der Waals surface area contributed by atoms with Gasteiger partial charge in [-0.05, 0) is 37.1 Å². The molecule has 10 heteroatoms. The van der Waals surface area contributed by atoms with E-state index in [9.17, 15) is 18.0 Å². The molecular weight excluding hydrogens is 402 g/mol. The van der Waals surface area contributed by atoms with E-state index >= 15 is 0 Å². The second-order valence-electron chi connectivity index (χ2n) is 6.54. The van der Waals surface area contributed by atoms with Gasteiger partial charge in [0.25, 0.3) is 10.0 Å². The summed E-state index contributed by atoms with van der Waals surface area (Å²) in [5.41, 5.74) is 0.122. The zero-order valence-corrected chi connectivity index (χ0v) is 16.2. The van der Waals surface area contributed by atoms with Crippen LogP contribution < -0.4 is 15.1 Å². The summed E-state index contributed by atoms with van der Waals surface area (Å²) in [7, 11) is -2.32. The number of furan rings is 1. The maximum Gasteiger partial charge on any atom is 0.374 e. The van der Waals surface area contributed by atoms with Gasteiger partial charge >= 0.3 is 11.6 Å². The predicted octanol–water partition coefficient (Wildman–Crippen LogP) is 2.19. The molecule has 2 heterocycles. The van der Waals surface area contributed by atoms with Gasteiger partial charge in [0.05, 0.1) is 7.11 Å². The Labute approximate surface area is 165 Å². The Hall–Kier alpha value is -3.11. The van der Waals surface area contributed by atoms with Crippen LogP contribution in [0.4, 0.5) is 0 Å². The number of esters is 1. The van der Waals surface area contributed by atoms with Crippen molar-refractivity contribution in [2.45, 2.75) is 30.6 Å². The van der Waals surface area contributed by atoms with Gasteiger partial charge in [-0.15, -0.1) is 0 Å². The molecule has 0 bridgehead atoms. The van der Waals surface area contributed by atoms with Crippen LogP contribution in [0.3, 0.4) is 0 Å². The first-order valence-corrected chi connectivity index (χ1v) is 10.2. The number of fused-ring (bicyclic) bond motifs is 1. The number of carbonyl (C=O) groups is 1. The van der Waals surface area contributed by atoms with Crippen molar-refractivity contribution in [3.63, 3.8) is 0 Å². The van der Waals surface area contributed by atoms with E-state index in [1.54, 1.807) is 18.2 Å². The molecule has 1 aliphatic carbocycles. The Bertz CT molecular complexity index is 1240. The highest BCUT2D eigenvalue weighted by atomic mass is 32.2. The molecule has 2 aromatic heterocycles. The number of ether oxygens (including phenoxy) is 2. The van der Waals surface area contributed by atoms with Gasteiger partial charge in [0, 0.05) is 29.1 Å². The Kier molecular flexibility index (Phi) is 4.89. The number of nitrogens with one attached hydrogen (secondary N) is 1. The Morgan fingerprint density at radius 1 is 1.17 bits per heavy atom. The van der Waals surface area contributed by atoms with Gasteiger partial charge in [-0.3, -0.25) is 0 Å². The number of hydrogen-bond acceptors (Lipinski definition) is 8. The highest BCUT2D eigenvalue weighted by Gasteiger charge is 2.30. The van der Waals surface area contributed by atoms with Crippen molar-refractivity contribution in [3.05, 3.63) is 58.1 Å². The summed E-state index contributed by atoms with van der Waals surface area (Å²) < 4.78 is 47.3. The first-order chi connectivity index (χ1) is 13.9. The van der Waals surface area contributed by atoms with Crippen LogP contribution in [0.25, 0.3) is 11.0 Å². The summed E-state index contributed by atoms with van der Waals surface area (Å²) in [6.07, 6.45) is 1.56. The molecule has 0 spiro atoms. The maximum absolute atomic E-state index is 12.3. The third-order valence-electron chi connectivity index (χ3n) is 4.34.